The number of benzene rings is 1. The van der Waals surface area contributed by atoms with Crippen molar-refractivity contribution in [3.05, 3.63) is 30.2 Å². The molecule has 0 bridgehead atoms. The van der Waals surface area contributed by atoms with E-state index in [-0.39, 0.29) is 0 Å². The second-order valence-corrected chi connectivity index (χ2v) is 4.14. The molecule has 1 aromatic carbocycles. The third-order valence-electron chi connectivity index (χ3n) is 2.70. The number of aryl methyl sites for hydroxylation is 1. The first-order valence-corrected chi connectivity index (χ1v) is 6.54. The number of rotatable bonds is 7. The summed E-state index contributed by atoms with van der Waals surface area (Å²) in [4.78, 5) is 0. The lowest BCUT2D eigenvalue weighted by molar-refractivity contribution is 0.340. The summed E-state index contributed by atoms with van der Waals surface area (Å²) in [5, 5.41) is 11.2. The van der Waals surface area contributed by atoms with Gasteiger partial charge in [-0.1, -0.05) is 12.1 Å². The fourth-order valence-corrected chi connectivity index (χ4v) is 1.80. The first-order valence-electron chi connectivity index (χ1n) is 6.54. The summed E-state index contributed by atoms with van der Waals surface area (Å²) in [5.41, 5.74) is 0.844. The summed E-state index contributed by atoms with van der Waals surface area (Å²) in [5.74, 6) is 1.95. The van der Waals surface area contributed by atoms with E-state index in [4.69, 9.17) is 9.15 Å². The molecular weight excluding hydrogens is 242 g/mol. The molecule has 0 spiro atoms. The topological polar surface area (TPSA) is 60.2 Å². The monoisotopic (exact) mass is 261 g/mol. The number of hydrogen-bond acceptors (Lipinski definition) is 5. The van der Waals surface area contributed by atoms with Crippen LogP contribution >= 0.6 is 0 Å². The van der Waals surface area contributed by atoms with Crippen LogP contribution in [0.4, 0.5) is 0 Å². The molecule has 0 saturated carbocycles. The molecule has 1 N–H and O–H groups in total. The molecule has 102 valence electrons. The average molecular weight is 261 g/mol. The summed E-state index contributed by atoms with van der Waals surface area (Å²) < 4.78 is 11.2. The molecule has 0 saturated heterocycles. The zero-order valence-corrected chi connectivity index (χ0v) is 11.3. The van der Waals surface area contributed by atoms with Crippen molar-refractivity contribution in [3.63, 3.8) is 0 Å². The molecule has 0 fully saturated rings. The molecular formula is C14H19N3O2. The van der Waals surface area contributed by atoms with Gasteiger partial charge < -0.3 is 14.5 Å². The summed E-state index contributed by atoms with van der Waals surface area (Å²) in [6.45, 7) is 3.50. The Bertz CT molecular complexity index is 511. The lowest BCUT2D eigenvalue weighted by Crippen LogP contribution is -2.08. The van der Waals surface area contributed by atoms with Crippen LogP contribution in [0.15, 0.2) is 28.7 Å². The van der Waals surface area contributed by atoms with Gasteiger partial charge in [0.05, 0.1) is 12.2 Å². The van der Waals surface area contributed by atoms with Gasteiger partial charge in [0.2, 0.25) is 5.89 Å². The highest BCUT2D eigenvalue weighted by Crippen LogP contribution is 2.28. The summed E-state index contributed by atoms with van der Waals surface area (Å²) in [7, 11) is 1.93. The molecule has 0 aliphatic carbocycles. The lowest BCUT2D eigenvalue weighted by atomic mass is 10.2. The van der Waals surface area contributed by atoms with Crippen molar-refractivity contribution in [3.8, 4) is 17.2 Å². The molecule has 0 aliphatic heterocycles. The smallest absolute Gasteiger partial charge is 0.251 e. The van der Waals surface area contributed by atoms with Crippen molar-refractivity contribution in [1.82, 2.24) is 15.5 Å². The van der Waals surface area contributed by atoms with E-state index >= 15 is 0 Å². The van der Waals surface area contributed by atoms with Crippen molar-refractivity contribution in [2.24, 2.45) is 0 Å². The van der Waals surface area contributed by atoms with E-state index in [0.717, 1.165) is 30.7 Å². The number of ether oxygens (including phenoxy) is 1. The zero-order chi connectivity index (χ0) is 13.5. The summed E-state index contributed by atoms with van der Waals surface area (Å²) in [6, 6.07) is 7.70. The second kappa shape index (κ2) is 6.89. The largest absolute Gasteiger partial charge is 0.493 e. The average Bonchev–Trinajstić information content (AvgIpc) is 2.89. The van der Waals surface area contributed by atoms with Crippen LogP contribution in [-0.4, -0.2) is 30.4 Å². The third-order valence-corrected chi connectivity index (χ3v) is 2.70. The molecule has 0 amide bonds. The van der Waals surface area contributed by atoms with Crippen LogP contribution in [0, 0.1) is 0 Å². The number of aromatic nitrogens is 2. The van der Waals surface area contributed by atoms with Crippen LogP contribution < -0.4 is 10.1 Å². The maximum absolute atomic E-state index is 5.67. The molecule has 1 heterocycles. The molecule has 0 radical (unpaired) electrons. The van der Waals surface area contributed by atoms with E-state index in [1.807, 2.05) is 38.2 Å². The van der Waals surface area contributed by atoms with E-state index in [0.29, 0.717) is 18.4 Å². The van der Waals surface area contributed by atoms with Gasteiger partial charge in [-0.15, -0.1) is 10.2 Å². The van der Waals surface area contributed by atoms with Crippen LogP contribution in [-0.2, 0) is 6.42 Å². The van der Waals surface area contributed by atoms with E-state index in [9.17, 15) is 0 Å². The van der Waals surface area contributed by atoms with Gasteiger partial charge in [-0.2, -0.15) is 0 Å². The number of nitrogens with one attached hydrogen (secondary N) is 1. The van der Waals surface area contributed by atoms with Gasteiger partial charge in [0.25, 0.3) is 5.89 Å². The van der Waals surface area contributed by atoms with E-state index in [1.165, 1.54) is 0 Å². The highest BCUT2D eigenvalue weighted by atomic mass is 16.5. The first kappa shape index (κ1) is 13.5. The van der Waals surface area contributed by atoms with Crippen LogP contribution in [0.1, 0.15) is 19.2 Å². The SMILES string of the molecule is CCOc1ccccc1-c1nnc(CCCNC)o1. The molecule has 2 aromatic rings. The minimum absolute atomic E-state index is 0.517. The Labute approximate surface area is 113 Å². The van der Waals surface area contributed by atoms with Gasteiger partial charge in [-0.3, -0.25) is 0 Å². The number of para-hydroxylation sites is 1. The second-order valence-electron chi connectivity index (χ2n) is 4.14. The Hall–Kier alpha value is -1.88. The highest BCUT2D eigenvalue weighted by Gasteiger charge is 2.12. The van der Waals surface area contributed by atoms with E-state index in [1.54, 1.807) is 0 Å². The Kier molecular flexibility index (Phi) is 4.92. The summed E-state index contributed by atoms with van der Waals surface area (Å²) >= 11 is 0. The van der Waals surface area contributed by atoms with Gasteiger partial charge >= 0.3 is 0 Å². The van der Waals surface area contributed by atoms with Gasteiger partial charge in [-0.25, -0.2) is 0 Å². The predicted octanol–water partition coefficient (Wildman–Crippen LogP) is 2.29. The Morgan fingerprint density at radius 3 is 2.89 bits per heavy atom. The first-order chi connectivity index (χ1) is 9.35. The Balaban J connectivity index is 2.13. The maximum atomic E-state index is 5.67. The normalized spacial score (nSPS) is 10.6. The summed E-state index contributed by atoms with van der Waals surface area (Å²) in [6.07, 6.45) is 1.76. The van der Waals surface area contributed by atoms with Gasteiger partial charge in [0.15, 0.2) is 0 Å². The van der Waals surface area contributed by atoms with Gasteiger partial charge in [0.1, 0.15) is 5.75 Å². The maximum Gasteiger partial charge on any atom is 0.251 e. The van der Waals surface area contributed by atoms with Gasteiger partial charge in [-0.05, 0) is 39.1 Å². The van der Waals surface area contributed by atoms with E-state index in [2.05, 4.69) is 15.5 Å². The highest BCUT2D eigenvalue weighted by molar-refractivity contribution is 5.62. The quantitative estimate of drug-likeness (QED) is 0.775. The minimum atomic E-state index is 0.517. The standard InChI is InChI=1S/C14H19N3O2/c1-3-18-12-8-5-4-7-11(12)14-17-16-13(19-14)9-6-10-15-2/h4-5,7-8,15H,3,6,9-10H2,1-2H3. The van der Waals surface area contributed by atoms with Crippen LogP contribution in [0.3, 0.4) is 0 Å². The molecule has 5 heteroatoms. The minimum Gasteiger partial charge on any atom is -0.493 e. The van der Waals surface area contributed by atoms with Crippen LogP contribution in [0.25, 0.3) is 11.5 Å². The molecule has 19 heavy (non-hydrogen) atoms. The van der Waals surface area contributed by atoms with Crippen LogP contribution in [0.5, 0.6) is 5.75 Å². The van der Waals surface area contributed by atoms with Crippen molar-refractivity contribution in [2.45, 2.75) is 19.8 Å². The van der Waals surface area contributed by atoms with E-state index < -0.39 is 0 Å². The van der Waals surface area contributed by atoms with Crippen molar-refractivity contribution in [1.29, 1.82) is 0 Å². The predicted molar refractivity (Wildman–Crippen MR) is 73.2 cm³/mol. The molecule has 1 aromatic heterocycles. The van der Waals surface area contributed by atoms with Crippen molar-refractivity contribution >= 4 is 0 Å². The van der Waals surface area contributed by atoms with Crippen LogP contribution in [0.2, 0.25) is 0 Å². The fraction of sp³-hybridized carbons (Fsp3) is 0.429. The molecule has 5 nitrogen and oxygen atoms in total. The lowest BCUT2D eigenvalue weighted by Gasteiger charge is -2.06. The number of hydrogen-bond donors (Lipinski definition) is 1. The fourth-order valence-electron chi connectivity index (χ4n) is 1.80. The molecule has 2 rings (SSSR count). The van der Waals surface area contributed by atoms with Crippen molar-refractivity contribution < 1.29 is 9.15 Å². The molecule has 0 aliphatic rings. The Morgan fingerprint density at radius 1 is 1.26 bits per heavy atom. The molecule has 0 atom stereocenters. The zero-order valence-electron chi connectivity index (χ0n) is 11.3. The molecule has 0 unspecified atom stereocenters. The third kappa shape index (κ3) is 3.54. The van der Waals surface area contributed by atoms with Gasteiger partial charge in [0, 0.05) is 6.42 Å². The van der Waals surface area contributed by atoms with Crippen molar-refractivity contribution in [2.75, 3.05) is 20.2 Å². The Morgan fingerprint density at radius 2 is 2.11 bits per heavy atom. The number of nitrogens with zero attached hydrogens (tertiary/aromatic N) is 2.